The number of amides is 1. The Balaban J connectivity index is 1.66. The average Bonchev–Trinajstić information content (AvgIpc) is 2.97. The summed E-state index contributed by atoms with van der Waals surface area (Å²) >= 11 is 0. The number of carbonyl (C=O) groups excluding carboxylic acids is 1. The molecule has 2 heterocycles. The van der Waals surface area contributed by atoms with Crippen LogP contribution in [0.2, 0.25) is 0 Å². The first-order valence-corrected chi connectivity index (χ1v) is 9.78. The van der Waals surface area contributed by atoms with Crippen LogP contribution in [-0.2, 0) is 21.2 Å². The highest BCUT2D eigenvalue weighted by molar-refractivity contribution is 7.89. The average molecular weight is 374 g/mol. The van der Waals surface area contributed by atoms with Gasteiger partial charge in [0, 0.05) is 23.8 Å². The van der Waals surface area contributed by atoms with Crippen molar-refractivity contribution < 1.29 is 13.2 Å². The highest BCUT2D eigenvalue weighted by Crippen LogP contribution is 2.24. The monoisotopic (exact) mass is 374 g/mol. The van der Waals surface area contributed by atoms with Crippen LogP contribution in [0.4, 0.5) is 11.4 Å². The molecule has 1 aliphatic rings. The molecule has 2 aromatic rings. The third-order valence-electron chi connectivity index (χ3n) is 3.81. The van der Waals surface area contributed by atoms with E-state index in [4.69, 9.17) is 0 Å². The van der Waals surface area contributed by atoms with Crippen LogP contribution >= 0.6 is 0 Å². The molecule has 1 aromatic carbocycles. The van der Waals surface area contributed by atoms with E-state index < -0.39 is 21.6 Å². The summed E-state index contributed by atoms with van der Waals surface area (Å²) in [5.41, 5.74) is 1.70. The van der Waals surface area contributed by atoms with E-state index in [1.807, 2.05) is 12.1 Å². The molecule has 1 amide bonds. The van der Waals surface area contributed by atoms with Crippen molar-refractivity contribution in [3.8, 4) is 0 Å². The van der Waals surface area contributed by atoms with Crippen molar-refractivity contribution in [2.24, 2.45) is 0 Å². The number of aromatic nitrogens is 1. The van der Waals surface area contributed by atoms with Gasteiger partial charge in [-0.2, -0.15) is 0 Å². The molecule has 1 aromatic heterocycles. The normalized spacial score (nSPS) is 16.7. The zero-order valence-electron chi connectivity index (χ0n) is 14.9. The van der Waals surface area contributed by atoms with Crippen molar-refractivity contribution in [1.82, 2.24) is 9.71 Å². The molecule has 7 nitrogen and oxygen atoms in total. The second-order valence-corrected chi connectivity index (χ2v) is 8.95. The zero-order valence-corrected chi connectivity index (χ0v) is 15.7. The second kappa shape index (κ2) is 6.69. The lowest BCUT2D eigenvalue weighted by Gasteiger charge is -2.20. The summed E-state index contributed by atoms with van der Waals surface area (Å²) in [6, 6.07) is 9.41. The minimum absolute atomic E-state index is 0.154. The molecule has 0 bridgehead atoms. The Morgan fingerprint density at radius 2 is 1.88 bits per heavy atom. The van der Waals surface area contributed by atoms with Crippen LogP contribution in [0.3, 0.4) is 0 Å². The van der Waals surface area contributed by atoms with Gasteiger partial charge in [-0.25, -0.2) is 13.1 Å². The molecular formula is C18H22N4O3S. The Morgan fingerprint density at radius 3 is 2.50 bits per heavy atom. The molecule has 26 heavy (non-hydrogen) atoms. The lowest BCUT2D eigenvalue weighted by Crippen LogP contribution is -2.40. The Bertz CT molecular complexity index is 893. The minimum atomic E-state index is -3.60. The highest BCUT2D eigenvalue weighted by atomic mass is 32.2. The predicted molar refractivity (Wildman–Crippen MR) is 100 cm³/mol. The Labute approximate surface area is 153 Å². The number of fused-ring (bicyclic) bond motifs is 1. The number of hydrogen-bond donors (Lipinski definition) is 3. The van der Waals surface area contributed by atoms with E-state index >= 15 is 0 Å². The van der Waals surface area contributed by atoms with E-state index in [2.05, 4.69) is 20.3 Å². The van der Waals surface area contributed by atoms with Gasteiger partial charge in [0.25, 0.3) is 0 Å². The van der Waals surface area contributed by atoms with Gasteiger partial charge in [-0.05, 0) is 57.2 Å². The fraction of sp³-hybridized carbons (Fsp3) is 0.333. The minimum Gasteiger partial charge on any atom is -0.372 e. The van der Waals surface area contributed by atoms with Crippen LogP contribution in [-0.4, -0.2) is 30.9 Å². The standard InChI is InChI=1S/C18H22N4O3S/c1-18(2,3)22-26(24,25)13-8-6-12(7-9-13)20-17(23)16-11-15-14(21-16)5-4-10-19-15/h4-10,16,21-22H,11H2,1-3H3,(H,20,23). The maximum Gasteiger partial charge on any atom is 0.247 e. The van der Waals surface area contributed by atoms with E-state index in [-0.39, 0.29) is 10.8 Å². The first-order chi connectivity index (χ1) is 12.1. The quantitative estimate of drug-likeness (QED) is 0.761. The topological polar surface area (TPSA) is 100 Å². The maximum absolute atomic E-state index is 12.4. The molecule has 1 atom stereocenters. The molecule has 0 fully saturated rings. The van der Waals surface area contributed by atoms with Crippen LogP contribution in [0, 0.1) is 0 Å². The molecular weight excluding hydrogens is 352 g/mol. The van der Waals surface area contributed by atoms with Crippen LogP contribution in [0.1, 0.15) is 26.5 Å². The van der Waals surface area contributed by atoms with Gasteiger partial charge >= 0.3 is 0 Å². The molecule has 0 saturated heterocycles. The first-order valence-electron chi connectivity index (χ1n) is 8.29. The maximum atomic E-state index is 12.4. The van der Waals surface area contributed by atoms with Crippen LogP contribution in [0.5, 0.6) is 0 Å². The summed E-state index contributed by atoms with van der Waals surface area (Å²) in [6.45, 7) is 5.34. The molecule has 1 aliphatic heterocycles. The van der Waals surface area contributed by atoms with E-state index in [0.29, 0.717) is 12.1 Å². The highest BCUT2D eigenvalue weighted by Gasteiger charge is 2.27. The molecule has 0 spiro atoms. The molecule has 0 radical (unpaired) electrons. The molecule has 1 unspecified atom stereocenters. The number of rotatable bonds is 4. The smallest absolute Gasteiger partial charge is 0.247 e. The summed E-state index contributed by atoms with van der Waals surface area (Å²) < 4.78 is 27.2. The van der Waals surface area contributed by atoms with Crippen molar-refractivity contribution >= 4 is 27.3 Å². The number of sulfonamides is 1. The number of pyridine rings is 1. The number of benzene rings is 1. The summed E-state index contributed by atoms with van der Waals surface area (Å²) in [5, 5.41) is 5.94. The van der Waals surface area contributed by atoms with Crippen LogP contribution in [0.15, 0.2) is 47.5 Å². The van der Waals surface area contributed by atoms with Crippen LogP contribution in [0.25, 0.3) is 0 Å². The van der Waals surface area contributed by atoms with Crippen molar-refractivity contribution in [1.29, 1.82) is 0 Å². The zero-order chi connectivity index (χ0) is 18.9. The van der Waals surface area contributed by atoms with Gasteiger partial charge in [-0.1, -0.05) is 0 Å². The van der Waals surface area contributed by atoms with Gasteiger partial charge in [0.05, 0.1) is 16.3 Å². The number of hydrogen-bond acceptors (Lipinski definition) is 5. The molecule has 3 rings (SSSR count). The van der Waals surface area contributed by atoms with Crippen molar-refractivity contribution in [2.75, 3.05) is 10.6 Å². The van der Waals surface area contributed by atoms with Gasteiger partial charge in [-0.3, -0.25) is 9.78 Å². The molecule has 3 N–H and O–H groups in total. The third-order valence-corrected chi connectivity index (χ3v) is 5.58. The van der Waals surface area contributed by atoms with Gasteiger partial charge in [0.2, 0.25) is 15.9 Å². The lowest BCUT2D eigenvalue weighted by molar-refractivity contribution is -0.116. The first kappa shape index (κ1) is 18.3. The molecule has 0 saturated carbocycles. The predicted octanol–water partition coefficient (Wildman–Crippen LogP) is 2.13. The van der Waals surface area contributed by atoms with Gasteiger partial charge in [0.15, 0.2) is 0 Å². The third kappa shape index (κ3) is 4.20. The van der Waals surface area contributed by atoms with Crippen molar-refractivity contribution in [2.45, 2.75) is 43.7 Å². The SMILES string of the molecule is CC(C)(C)NS(=O)(=O)c1ccc(NC(=O)C2Cc3ncccc3N2)cc1. The summed E-state index contributed by atoms with van der Waals surface area (Å²) in [5.74, 6) is -0.188. The number of nitrogens with zero attached hydrogens (tertiary/aromatic N) is 1. The Hall–Kier alpha value is -2.45. The lowest BCUT2D eigenvalue weighted by atomic mass is 10.1. The van der Waals surface area contributed by atoms with Gasteiger partial charge in [0.1, 0.15) is 6.04 Å². The van der Waals surface area contributed by atoms with Gasteiger partial charge < -0.3 is 10.6 Å². The van der Waals surface area contributed by atoms with E-state index in [9.17, 15) is 13.2 Å². The molecule has 138 valence electrons. The van der Waals surface area contributed by atoms with E-state index in [1.54, 1.807) is 39.1 Å². The van der Waals surface area contributed by atoms with Crippen LogP contribution < -0.4 is 15.4 Å². The van der Waals surface area contributed by atoms with E-state index in [0.717, 1.165) is 11.4 Å². The van der Waals surface area contributed by atoms with Crippen molar-refractivity contribution in [3.63, 3.8) is 0 Å². The van der Waals surface area contributed by atoms with E-state index in [1.165, 1.54) is 12.1 Å². The second-order valence-electron chi connectivity index (χ2n) is 7.27. The largest absolute Gasteiger partial charge is 0.372 e. The molecule has 8 heteroatoms. The number of nitrogens with one attached hydrogen (secondary N) is 3. The summed E-state index contributed by atoms with van der Waals surface area (Å²) in [7, 11) is -3.60. The summed E-state index contributed by atoms with van der Waals surface area (Å²) in [6.07, 6.45) is 2.22. The number of carbonyl (C=O) groups is 1. The fourth-order valence-electron chi connectivity index (χ4n) is 2.73. The van der Waals surface area contributed by atoms with Gasteiger partial charge in [-0.15, -0.1) is 0 Å². The molecule has 0 aliphatic carbocycles. The Kier molecular flexibility index (Phi) is 4.72. The number of anilines is 2. The van der Waals surface area contributed by atoms with Crippen molar-refractivity contribution in [3.05, 3.63) is 48.3 Å². The Morgan fingerprint density at radius 1 is 1.19 bits per heavy atom. The fourth-order valence-corrected chi connectivity index (χ4v) is 4.15. The summed E-state index contributed by atoms with van der Waals surface area (Å²) in [4.78, 5) is 16.8.